The van der Waals surface area contributed by atoms with Crippen molar-refractivity contribution in [1.82, 2.24) is 14.9 Å². The average molecular weight is 351 g/mol. The van der Waals surface area contributed by atoms with E-state index in [4.69, 9.17) is 9.47 Å². The number of carbonyl (C=O) groups is 1. The molecule has 1 amide bonds. The molecule has 2 aromatic carbocycles. The van der Waals surface area contributed by atoms with Gasteiger partial charge in [0.25, 0.3) is 0 Å². The summed E-state index contributed by atoms with van der Waals surface area (Å²) in [6, 6.07) is 15.6. The van der Waals surface area contributed by atoms with Gasteiger partial charge in [-0.15, -0.1) is 0 Å². The molecule has 0 spiro atoms. The number of nitrogens with one attached hydrogen (secondary N) is 1. The van der Waals surface area contributed by atoms with Crippen LogP contribution in [0.25, 0.3) is 11.0 Å². The number of hydrogen-bond donors (Lipinski definition) is 1. The molecule has 0 unspecified atom stereocenters. The van der Waals surface area contributed by atoms with Crippen molar-refractivity contribution in [3.05, 3.63) is 54.4 Å². The maximum Gasteiger partial charge on any atom is 0.240 e. The van der Waals surface area contributed by atoms with Gasteiger partial charge >= 0.3 is 0 Å². The van der Waals surface area contributed by atoms with Crippen LogP contribution in [0, 0.1) is 0 Å². The van der Waals surface area contributed by atoms with Gasteiger partial charge in [-0.25, -0.2) is 4.98 Å². The summed E-state index contributed by atoms with van der Waals surface area (Å²) >= 11 is 0. The first-order valence-corrected chi connectivity index (χ1v) is 8.74. The maximum atomic E-state index is 12.3. The zero-order valence-electron chi connectivity index (χ0n) is 14.6. The molecule has 1 aliphatic rings. The quantitative estimate of drug-likeness (QED) is 0.711. The Morgan fingerprint density at radius 2 is 1.88 bits per heavy atom. The molecule has 0 radical (unpaired) electrons. The van der Waals surface area contributed by atoms with E-state index < -0.39 is 0 Å². The van der Waals surface area contributed by atoms with Crippen molar-refractivity contribution in [2.75, 3.05) is 7.11 Å². The number of aromatic nitrogens is 2. The SMILES string of the molecule is COc1ccccc1OCc1nc2ccccc2n1CC(=O)NC1CC1. The first kappa shape index (κ1) is 16.4. The van der Waals surface area contributed by atoms with Gasteiger partial charge in [0, 0.05) is 6.04 Å². The van der Waals surface area contributed by atoms with Crippen LogP contribution < -0.4 is 14.8 Å². The Kier molecular flexibility index (Phi) is 4.48. The van der Waals surface area contributed by atoms with Crippen LogP contribution >= 0.6 is 0 Å². The Morgan fingerprint density at radius 3 is 2.65 bits per heavy atom. The highest BCUT2D eigenvalue weighted by molar-refractivity contribution is 5.81. The number of fused-ring (bicyclic) bond motifs is 1. The Hall–Kier alpha value is -3.02. The third kappa shape index (κ3) is 3.49. The third-order valence-corrected chi connectivity index (χ3v) is 4.40. The molecule has 0 saturated heterocycles. The van der Waals surface area contributed by atoms with Gasteiger partial charge in [0.1, 0.15) is 19.0 Å². The minimum atomic E-state index is 0.00851. The molecule has 1 fully saturated rings. The van der Waals surface area contributed by atoms with E-state index in [-0.39, 0.29) is 19.1 Å². The minimum absolute atomic E-state index is 0.00851. The van der Waals surface area contributed by atoms with Crippen LogP contribution in [0.2, 0.25) is 0 Å². The summed E-state index contributed by atoms with van der Waals surface area (Å²) in [5.74, 6) is 2.04. The molecule has 1 N–H and O–H groups in total. The number of ether oxygens (including phenoxy) is 2. The molecule has 4 rings (SSSR count). The van der Waals surface area contributed by atoms with Crippen molar-refractivity contribution in [2.24, 2.45) is 0 Å². The number of para-hydroxylation sites is 4. The monoisotopic (exact) mass is 351 g/mol. The van der Waals surface area contributed by atoms with Crippen LogP contribution in [0.4, 0.5) is 0 Å². The van der Waals surface area contributed by atoms with Crippen molar-refractivity contribution in [2.45, 2.75) is 32.0 Å². The van der Waals surface area contributed by atoms with E-state index in [0.29, 0.717) is 23.4 Å². The summed E-state index contributed by atoms with van der Waals surface area (Å²) in [4.78, 5) is 17.0. The zero-order chi connectivity index (χ0) is 17.9. The molecule has 0 atom stereocenters. The molecule has 0 aliphatic heterocycles. The van der Waals surface area contributed by atoms with Gasteiger partial charge in [-0.05, 0) is 37.1 Å². The van der Waals surface area contributed by atoms with E-state index in [2.05, 4.69) is 10.3 Å². The Morgan fingerprint density at radius 1 is 1.15 bits per heavy atom. The third-order valence-electron chi connectivity index (χ3n) is 4.40. The summed E-state index contributed by atoms with van der Waals surface area (Å²) in [5, 5.41) is 3.03. The summed E-state index contributed by atoms with van der Waals surface area (Å²) in [7, 11) is 1.61. The number of rotatable bonds is 7. The molecule has 1 heterocycles. The van der Waals surface area contributed by atoms with E-state index >= 15 is 0 Å². The van der Waals surface area contributed by atoms with Crippen LogP contribution in [0.3, 0.4) is 0 Å². The predicted molar refractivity (Wildman–Crippen MR) is 98.2 cm³/mol. The van der Waals surface area contributed by atoms with Gasteiger partial charge in [0.05, 0.1) is 18.1 Å². The first-order valence-electron chi connectivity index (χ1n) is 8.74. The lowest BCUT2D eigenvalue weighted by molar-refractivity contribution is -0.121. The molecule has 1 aliphatic carbocycles. The number of nitrogens with zero attached hydrogens (tertiary/aromatic N) is 2. The van der Waals surface area contributed by atoms with Crippen LogP contribution in [0.15, 0.2) is 48.5 Å². The van der Waals surface area contributed by atoms with Gasteiger partial charge in [0.2, 0.25) is 5.91 Å². The molecule has 6 heteroatoms. The molecule has 0 bridgehead atoms. The molecular weight excluding hydrogens is 330 g/mol. The highest BCUT2D eigenvalue weighted by atomic mass is 16.5. The van der Waals surface area contributed by atoms with Gasteiger partial charge in [0.15, 0.2) is 11.5 Å². The summed E-state index contributed by atoms with van der Waals surface area (Å²) in [5.41, 5.74) is 1.78. The van der Waals surface area contributed by atoms with E-state index in [1.165, 1.54) is 0 Å². The van der Waals surface area contributed by atoms with Crippen molar-refractivity contribution >= 4 is 16.9 Å². The van der Waals surface area contributed by atoms with Crippen LogP contribution in [0.5, 0.6) is 11.5 Å². The largest absolute Gasteiger partial charge is 0.493 e. The predicted octanol–water partition coefficient (Wildman–Crippen LogP) is 2.90. The molecule has 1 saturated carbocycles. The fraction of sp³-hybridized carbons (Fsp3) is 0.300. The van der Waals surface area contributed by atoms with E-state index in [0.717, 1.165) is 23.9 Å². The van der Waals surface area contributed by atoms with Gasteiger partial charge in [-0.3, -0.25) is 4.79 Å². The Bertz CT molecular complexity index is 931. The molecule has 3 aromatic rings. The lowest BCUT2D eigenvalue weighted by Gasteiger charge is -2.12. The smallest absolute Gasteiger partial charge is 0.240 e. The average Bonchev–Trinajstić information content (AvgIpc) is 3.41. The molecule has 1 aromatic heterocycles. The summed E-state index contributed by atoms with van der Waals surface area (Å²) < 4.78 is 13.2. The standard InChI is InChI=1S/C20H21N3O3/c1-25-17-8-4-5-9-18(17)26-13-19-22-15-6-2-3-7-16(15)23(19)12-20(24)21-14-10-11-14/h2-9,14H,10-13H2,1H3,(H,21,24). The first-order chi connectivity index (χ1) is 12.7. The lowest BCUT2D eigenvalue weighted by atomic mass is 10.3. The van der Waals surface area contributed by atoms with Crippen LogP contribution in [0.1, 0.15) is 18.7 Å². The Balaban J connectivity index is 1.58. The van der Waals surface area contributed by atoms with Gasteiger partial charge in [-0.2, -0.15) is 0 Å². The normalized spacial score (nSPS) is 13.6. The highest BCUT2D eigenvalue weighted by Gasteiger charge is 2.24. The van der Waals surface area contributed by atoms with E-state index in [9.17, 15) is 4.79 Å². The topological polar surface area (TPSA) is 65.4 Å². The number of imidazole rings is 1. The number of methoxy groups -OCH3 is 1. The highest BCUT2D eigenvalue weighted by Crippen LogP contribution is 2.27. The number of hydrogen-bond acceptors (Lipinski definition) is 4. The fourth-order valence-electron chi connectivity index (χ4n) is 2.94. The van der Waals surface area contributed by atoms with Gasteiger partial charge in [-0.1, -0.05) is 24.3 Å². The second kappa shape index (κ2) is 7.07. The van der Waals surface area contributed by atoms with Crippen molar-refractivity contribution in [3.8, 4) is 11.5 Å². The van der Waals surface area contributed by atoms with Crippen molar-refractivity contribution in [3.63, 3.8) is 0 Å². The van der Waals surface area contributed by atoms with Crippen LogP contribution in [-0.2, 0) is 17.9 Å². The second-order valence-electron chi connectivity index (χ2n) is 6.38. The number of benzene rings is 2. The lowest BCUT2D eigenvalue weighted by Crippen LogP contribution is -2.30. The molecule has 26 heavy (non-hydrogen) atoms. The minimum Gasteiger partial charge on any atom is -0.493 e. The number of amides is 1. The second-order valence-corrected chi connectivity index (χ2v) is 6.38. The van der Waals surface area contributed by atoms with Gasteiger partial charge < -0.3 is 19.4 Å². The molecule has 134 valence electrons. The van der Waals surface area contributed by atoms with E-state index in [1.54, 1.807) is 7.11 Å². The summed E-state index contributed by atoms with van der Waals surface area (Å²) in [6.45, 7) is 0.493. The summed E-state index contributed by atoms with van der Waals surface area (Å²) in [6.07, 6.45) is 2.14. The van der Waals surface area contributed by atoms with E-state index in [1.807, 2.05) is 53.1 Å². The number of carbonyl (C=O) groups excluding carboxylic acids is 1. The van der Waals surface area contributed by atoms with Crippen LogP contribution in [-0.4, -0.2) is 28.6 Å². The molecule has 6 nitrogen and oxygen atoms in total. The molecular formula is C20H21N3O3. The zero-order valence-corrected chi connectivity index (χ0v) is 14.6. The Labute approximate surface area is 151 Å². The van der Waals surface area contributed by atoms with Crippen molar-refractivity contribution in [1.29, 1.82) is 0 Å². The maximum absolute atomic E-state index is 12.3. The fourth-order valence-corrected chi connectivity index (χ4v) is 2.94. The van der Waals surface area contributed by atoms with Crippen molar-refractivity contribution < 1.29 is 14.3 Å².